The predicted octanol–water partition coefficient (Wildman–Crippen LogP) is 4.88. The molecular weight excluding hydrogens is 400 g/mol. The largest absolute Gasteiger partial charge is 0.369 e. The summed E-state index contributed by atoms with van der Waals surface area (Å²) in [6.07, 6.45) is 7.27. The van der Waals surface area contributed by atoms with Crippen LogP contribution >= 0.6 is 22.7 Å². The minimum Gasteiger partial charge on any atom is -0.369 e. The molecule has 5 heterocycles. The fourth-order valence-corrected chi connectivity index (χ4v) is 6.34. The molecule has 0 saturated carbocycles. The van der Waals surface area contributed by atoms with E-state index < -0.39 is 0 Å². The molecule has 1 fully saturated rings. The molecule has 4 aromatic heterocycles. The number of nitrogens with zero attached hydrogens (tertiary/aromatic N) is 4. The highest BCUT2D eigenvalue weighted by molar-refractivity contribution is 7.19. The molecule has 0 N–H and O–H groups in total. The monoisotopic (exact) mass is 420 g/mol. The van der Waals surface area contributed by atoms with Gasteiger partial charge in [0, 0.05) is 34.3 Å². The minimum atomic E-state index is 0.0993. The summed E-state index contributed by atoms with van der Waals surface area (Å²) in [6.45, 7) is 2.39. The first kappa shape index (κ1) is 17.5. The Hall–Kier alpha value is -2.35. The molecule has 4 aromatic rings. The fraction of sp³-hybridized carbons (Fsp3) is 0.318. The molecule has 5 nitrogen and oxygen atoms in total. The van der Waals surface area contributed by atoms with Crippen LogP contribution < -0.4 is 4.90 Å². The van der Waals surface area contributed by atoms with E-state index in [9.17, 15) is 0 Å². The molecule has 0 radical (unpaired) electrons. The van der Waals surface area contributed by atoms with Crippen molar-refractivity contribution in [2.75, 3.05) is 24.6 Å². The van der Waals surface area contributed by atoms with Gasteiger partial charge in [0.1, 0.15) is 16.8 Å². The fourth-order valence-electron chi connectivity index (χ4n) is 4.32. The third-order valence-corrected chi connectivity index (χ3v) is 7.84. The Morgan fingerprint density at radius 2 is 2.14 bits per heavy atom. The molecule has 0 bridgehead atoms. The van der Waals surface area contributed by atoms with Gasteiger partial charge < -0.3 is 9.64 Å². The van der Waals surface area contributed by atoms with E-state index in [0.717, 1.165) is 41.5 Å². The van der Waals surface area contributed by atoms with Crippen LogP contribution in [0.1, 0.15) is 27.8 Å². The second-order valence-electron chi connectivity index (χ2n) is 7.47. The number of pyridine rings is 1. The summed E-state index contributed by atoms with van der Waals surface area (Å²) >= 11 is 3.61. The molecule has 1 atom stereocenters. The second kappa shape index (κ2) is 7.16. The molecule has 0 amide bonds. The van der Waals surface area contributed by atoms with Crippen molar-refractivity contribution in [1.82, 2.24) is 15.0 Å². The van der Waals surface area contributed by atoms with Gasteiger partial charge in [-0.2, -0.15) is 0 Å². The number of aryl methyl sites for hydroxylation is 2. The van der Waals surface area contributed by atoms with Gasteiger partial charge in [-0.1, -0.05) is 6.07 Å². The van der Waals surface area contributed by atoms with Crippen LogP contribution in [-0.2, 0) is 17.6 Å². The zero-order valence-electron chi connectivity index (χ0n) is 15.9. The molecule has 1 saturated heterocycles. The average molecular weight is 421 g/mol. The van der Waals surface area contributed by atoms with Crippen LogP contribution in [-0.4, -0.2) is 34.6 Å². The number of hydrogen-bond acceptors (Lipinski definition) is 7. The highest BCUT2D eigenvalue weighted by Crippen LogP contribution is 2.42. The Bertz CT molecular complexity index is 1160. The Balaban J connectivity index is 1.49. The maximum absolute atomic E-state index is 6.09. The maximum Gasteiger partial charge on any atom is 0.164 e. The molecule has 29 heavy (non-hydrogen) atoms. The van der Waals surface area contributed by atoms with Gasteiger partial charge in [-0.25, -0.2) is 9.97 Å². The summed E-state index contributed by atoms with van der Waals surface area (Å²) in [5.41, 5.74) is 2.43. The standard InChI is InChI=1S/C22H20N4OS2/c1-5-15-17(6-1)29-22-19(15)21(24-20(25-22)14-4-2-8-23-12-14)26-9-10-27-16(13-26)18-7-3-11-28-18/h2-4,7-8,11-12,16H,1,5-6,9-10,13H2. The third kappa shape index (κ3) is 3.04. The van der Waals surface area contributed by atoms with Crippen LogP contribution in [0.5, 0.6) is 0 Å². The second-order valence-corrected chi connectivity index (χ2v) is 9.53. The van der Waals surface area contributed by atoms with E-state index in [4.69, 9.17) is 14.7 Å². The molecule has 7 heteroatoms. The number of fused-ring (bicyclic) bond motifs is 3. The summed E-state index contributed by atoms with van der Waals surface area (Å²) < 4.78 is 6.09. The molecule has 0 spiro atoms. The summed E-state index contributed by atoms with van der Waals surface area (Å²) in [6, 6.07) is 8.24. The maximum atomic E-state index is 6.09. The lowest BCUT2D eigenvalue weighted by Crippen LogP contribution is -2.38. The van der Waals surface area contributed by atoms with Gasteiger partial charge in [0.15, 0.2) is 5.82 Å². The predicted molar refractivity (Wildman–Crippen MR) is 118 cm³/mol. The van der Waals surface area contributed by atoms with E-state index in [1.807, 2.05) is 29.7 Å². The number of morpholine rings is 1. The molecule has 0 aromatic carbocycles. The van der Waals surface area contributed by atoms with E-state index >= 15 is 0 Å². The summed E-state index contributed by atoms with van der Waals surface area (Å²) in [5.74, 6) is 1.83. The first-order valence-electron chi connectivity index (χ1n) is 9.99. The SMILES string of the molecule is c1cncc(-c2nc(N3CCOC(c4cccs4)C3)c3c4c(sc3n2)CCC4)c1. The number of rotatable bonds is 3. The van der Waals surface area contributed by atoms with Crippen LogP contribution in [0.2, 0.25) is 0 Å². The lowest BCUT2D eigenvalue weighted by molar-refractivity contribution is 0.0419. The van der Waals surface area contributed by atoms with Crippen LogP contribution in [0.4, 0.5) is 5.82 Å². The van der Waals surface area contributed by atoms with Crippen molar-refractivity contribution in [3.8, 4) is 11.4 Å². The smallest absolute Gasteiger partial charge is 0.164 e. The zero-order valence-corrected chi connectivity index (χ0v) is 17.5. The molecule has 6 rings (SSSR count). The van der Waals surface area contributed by atoms with E-state index in [0.29, 0.717) is 6.61 Å². The van der Waals surface area contributed by atoms with Gasteiger partial charge in [-0.3, -0.25) is 4.98 Å². The van der Waals surface area contributed by atoms with Gasteiger partial charge >= 0.3 is 0 Å². The van der Waals surface area contributed by atoms with Crippen molar-refractivity contribution in [3.05, 3.63) is 57.4 Å². The summed E-state index contributed by atoms with van der Waals surface area (Å²) in [5, 5.41) is 3.38. The van der Waals surface area contributed by atoms with Crippen LogP contribution in [0.3, 0.4) is 0 Å². The lowest BCUT2D eigenvalue weighted by Gasteiger charge is -2.34. The first-order valence-corrected chi connectivity index (χ1v) is 11.7. The van der Waals surface area contributed by atoms with Gasteiger partial charge in [-0.05, 0) is 48.4 Å². The van der Waals surface area contributed by atoms with Gasteiger partial charge in [-0.15, -0.1) is 22.7 Å². The minimum absolute atomic E-state index is 0.0993. The number of thiophene rings is 2. The van der Waals surface area contributed by atoms with Gasteiger partial charge in [0.05, 0.1) is 18.5 Å². The summed E-state index contributed by atoms with van der Waals surface area (Å²) in [7, 11) is 0. The number of anilines is 1. The summed E-state index contributed by atoms with van der Waals surface area (Å²) in [4.78, 5) is 20.6. The third-order valence-electron chi connectivity index (χ3n) is 5.69. The highest BCUT2D eigenvalue weighted by Gasteiger charge is 2.29. The first-order chi connectivity index (χ1) is 14.4. The van der Waals surface area contributed by atoms with Crippen molar-refractivity contribution < 1.29 is 4.74 Å². The van der Waals surface area contributed by atoms with E-state index in [1.165, 1.54) is 33.5 Å². The van der Waals surface area contributed by atoms with Crippen molar-refractivity contribution in [2.45, 2.75) is 25.4 Å². The Kier molecular flexibility index (Phi) is 4.32. The normalized spacial score (nSPS) is 19.0. The van der Waals surface area contributed by atoms with Gasteiger partial charge in [0.2, 0.25) is 0 Å². The Morgan fingerprint density at radius 3 is 3.00 bits per heavy atom. The van der Waals surface area contributed by atoms with Crippen molar-refractivity contribution in [3.63, 3.8) is 0 Å². The molecule has 2 aliphatic rings. The molecule has 1 unspecified atom stereocenters. The van der Waals surface area contributed by atoms with E-state index in [2.05, 4.69) is 27.4 Å². The van der Waals surface area contributed by atoms with Gasteiger partial charge in [0.25, 0.3) is 0 Å². The van der Waals surface area contributed by atoms with Crippen LogP contribution in [0, 0.1) is 0 Å². The highest BCUT2D eigenvalue weighted by atomic mass is 32.1. The topological polar surface area (TPSA) is 51.1 Å². The van der Waals surface area contributed by atoms with Crippen molar-refractivity contribution in [1.29, 1.82) is 0 Å². The average Bonchev–Trinajstić information content (AvgIpc) is 3.51. The molecule has 146 valence electrons. The quantitative estimate of drug-likeness (QED) is 0.473. The zero-order chi connectivity index (χ0) is 19.2. The van der Waals surface area contributed by atoms with Crippen molar-refractivity contribution >= 4 is 38.7 Å². The number of ether oxygens (including phenoxy) is 1. The molecular formula is C22H20N4OS2. The Labute approximate surface area is 177 Å². The molecule has 1 aliphatic heterocycles. The number of hydrogen-bond donors (Lipinski definition) is 0. The van der Waals surface area contributed by atoms with E-state index in [1.54, 1.807) is 17.5 Å². The van der Waals surface area contributed by atoms with Crippen molar-refractivity contribution in [2.24, 2.45) is 0 Å². The van der Waals surface area contributed by atoms with E-state index in [-0.39, 0.29) is 6.10 Å². The Morgan fingerprint density at radius 1 is 1.14 bits per heavy atom. The molecule has 1 aliphatic carbocycles. The lowest BCUT2D eigenvalue weighted by atomic mass is 10.1. The van der Waals surface area contributed by atoms with Crippen LogP contribution in [0.25, 0.3) is 21.6 Å². The van der Waals surface area contributed by atoms with Crippen LogP contribution in [0.15, 0.2) is 42.0 Å². The number of aromatic nitrogens is 3.